The standard InChI is InChI=1S/C15H16N2O3/c1-10-8-11-4-2-3-5-12(11)16-14(10)17-6-7-20-13(9-17)15(18)19/h2-5,8,13H,6-7,9H2,1H3,(H,18,19). The zero-order valence-corrected chi connectivity index (χ0v) is 11.2. The number of carbonyl (C=O) groups is 1. The summed E-state index contributed by atoms with van der Waals surface area (Å²) in [6.07, 6.45) is -0.781. The summed E-state index contributed by atoms with van der Waals surface area (Å²) in [6.45, 7) is 3.41. The average molecular weight is 272 g/mol. The number of anilines is 1. The summed E-state index contributed by atoms with van der Waals surface area (Å²) in [5, 5.41) is 10.2. The van der Waals surface area contributed by atoms with E-state index in [-0.39, 0.29) is 0 Å². The number of ether oxygens (including phenoxy) is 1. The lowest BCUT2D eigenvalue weighted by molar-refractivity contribution is -0.150. The minimum Gasteiger partial charge on any atom is -0.479 e. The maximum absolute atomic E-state index is 11.1. The van der Waals surface area contributed by atoms with Crippen LogP contribution in [0.15, 0.2) is 30.3 Å². The Morgan fingerprint density at radius 2 is 2.25 bits per heavy atom. The molecule has 104 valence electrons. The van der Waals surface area contributed by atoms with Crippen molar-refractivity contribution in [3.8, 4) is 0 Å². The summed E-state index contributed by atoms with van der Waals surface area (Å²) in [5.74, 6) is -0.0774. The van der Waals surface area contributed by atoms with Crippen molar-refractivity contribution in [3.63, 3.8) is 0 Å². The maximum Gasteiger partial charge on any atom is 0.334 e. The van der Waals surface area contributed by atoms with Crippen LogP contribution in [-0.2, 0) is 9.53 Å². The van der Waals surface area contributed by atoms with Crippen LogP contribution in [-0.4, -0.2) is 41.9 Å². The van der Waals surface area contributed by atoms with Crippen molar-refractivity contribution in [2.45, 2.75) is 13.0 Å². The highest BCUT2D eigenvalue weighted by Gasteiger charge is 2.27. The van der Waals surface area contributed by atoms with E-state index < -0.39 is 12.1 Å². The van der Waals surface area contributed by atoms with E-state index in [1.807, 2.05) is 36.1 Å². The number of nitrogens with zero attached hydrogens (tertiary/aromatic N) is 2. The molecule has 0 radical (unpaired) electrons. The molecule has 5 heteroatoms. The van der Waals surface area contributed by atoms with Crippen LogP contribution in [0.2, 0.25) is 0 Å². The van der Waals surface area contributed by atoms with Crippen LogP contribution in [0.4, 0.5) is 5.82 Å². The number of carboxylic acid groups (broad SMARTS) is 1. The van der Waals surface area contributed by atoms with Gasteiger partial charge in [0.1, 0.15) is 5.82 Å². The molecule has 1 N–H and O–H groups in total. The molecule has 1 fully saturated rings. The SMILES string of the molecule is Cc1cc2ccccc2nc1N1CCOC(C(=O)O)C1. The molecule has 1 aliphatic heterocycles. The first-order valence-corrected chi connectivity index (χ1v) is 6.61. The number of hydrogen-bond acceptors (Lipinski definition) is 4. The van der Waals surface area contributed by atoms with Crippen LogP contribution in [0.3, 0.4) is 0 Å². The highest BCUT2D eigenvalue weighted by molar-refractivity contribution is 5.82. The van der Waals surface area contributed by atoms with Crippen molar-refractivity contribution in [2.75, 3.05) is 24.6 Å². The predicted octanol–water partition coefficient (Wildman–Crippen LogP) is 1.83. The second-order valence-electron chi connectivity index (χ2n) is 4.97. The number of aryl methyl sites for hydroxylation is 1. The number of aromatic nitrogens is 1. The third-order valence-electron chi connectivity index (χ3n) is 3.53. The van der Waals surface area contributed by atoms with E-state index in [1.165, 1.54) is 0 Å². The number of para-hydroxylation sites is 1. The summed E-state index contributed by atoms with van der Waals surface area (Å²) in [5.41, 5.74) is 1.97. The van der Waals surface area contributed by atoms with Gasteiger partial charge in [0.25, 0.3) is 0 Å². The molecule has 1 atom stereocenters. The lowest BCUT2D eigenvalue weighted by atomic mass is 10.1. The smallest absolute Gasteiger partial charge is 0.334 e. The Bertz CT molecular complexity index is 657. The van der Waals surface area contributed by atoms with E-state index >= 15 is 0 Å². The fourth-order valence-corrected chi connectivity index (χ4v) is 2.52. The zero-order chi connectivity index (χ0) is 14.1. The average Bonchev–Trinajstić information content (AvgIpc) is 2.46. The molecule has 1 unspecified atom stereocenters. The molecule has 2 aromatic rings. The third kappa shape index (κ3) is 2.32. The van der Waals surface area contributed by atoms with Gasteiger partial charge in [0, 0.05) is 11.9 Å². The van der Waals surface area contributed by atoms with Crippen molar-refractivity contribution < 1.29 is 14.6 Å². The van der Waals surface area contributed by atoms with E-state index in [0.717, 1.165) is 22.3 Å². The highest BCUT2D eigenvalue weighted by Crippen LogP contribution is 2.24. The quantitative estimate of drug-likeness (QED) is 0.903. The van der Waals surface area contributed by atoms with Crippen LogP contribution >= 0.6 is 0 Å². The van der Waals surface area contributed by atoms with Crippen LogP contribution in [0.25, 0.3) is 10.9 Å². The van der Waals surface area contributed by atoms with Crippen LogP contribution in [0, 0.1) is 6.92 Å². The van der Waals surface area contributed by atoms with Crippen molar-refractivity contribution in [1.29, 1.82) is 0 Å². The molecular weight excluding hydrogens is 256 g/mol. The molecule has 5 nitrogen and oxygen atoms in total. The van der Waals surface area contributed by atoms with Gasteiger partial charge in [-0.1, -0.05) is 18.2 Å². The molecule has 1 saturated heterocycles. The fourth-order valence-electron chi connectivity index (χ4n) is 2.52. The lowest BCUT2D eigenvalue weighted by Gasteiger charge is -2.32. The monoisotopic (exact) mass is 272 g/mol. The van der Waals surface area contributed by atoms with Crippen molar-refractivity contribution in [1.82, 2.24) is 4.98 Å². The molecule has 20 heavy (non-hydrogen) atoms. The van der Waals surface area contributed by atoms with E-state index in [9.17, 15) is 4.79 Å². The van der Waals surface area contributed by atoms with Crippen molar-refractivity contribution >= 4 is 22.7 Å². The second kappa shape index (κ2) is 5.09. The number of carboxylic acids is 1. The molecule has 0 aliphatic carbocycles. The number of aliphatic carboxylic acids is 1. The number of hydrogen-bond donors (Lipinski definition) is 1. The molecule has 0 bridgehead atoms. The minimum absolute atomic E-state index is 0.335. The van der Waals surface area contributed by atoms with Crippen LogP contribution in [0.1, 0.15) is 5.56 Å². The van der Waals surface area contributed by atoms with Crippen molar-refractivity contribution in [2.24, 2.45) is 0 Å². The van der Waals surface area contributed by atoms with Gasteiger partial charge >= 0.3 is 5.97 Å². The summed E-state index contributed by atoms with van der Waals surface area (Å²) >= 11 is 0. The predicted molar refractivity (Wildman–Crippen MR) is 76.1 cm³/mol. The van der Waals surface area contributed by atoms with Gasteiger partial charge in [-0.3, -0.25) is 0 Å². The third-order valence-corrected chi connectivity index (χ3v) is 3.53. The van der Waals surface area contributed by atoms with E-state index in [0.29, 0.717) is 19.7 Å². The maximum atomic E-state index is 11.1. The van der Waals surface area contributed by atoms with Gasteiger partial charge in [0.15, 0.2) is 6.10 Å². The number of rotatable bonds is 2. The zero-order valence-electron chi connectivity index (χ0n) is 11.2. The topological polar surface area (TPSA) is 62.7 Å². The summed E-state index contributed by atoms with van der Waals surface area (Å²) < 4.78 is 5.25. The second-order valence-corrected chi connectivity index (χ2v) is 4.97. The van der Waals surface area contributed by atoms with Gasteiger partial charge in [-0.2, -0.15) is 0 Å². The van der Waals surface area contributed by atoms with Gasteiger partial charge in [-0.15, -0.1) is 0 Å². The van der Waals surface area contributed by atoms with E-state index in [1.54, 1.807) is 0 Å². The number of fused-ring (bicyclic) bond motifs is 1. The molecule has 3 rings (SSSR count). The highest BCUT2D eigenvalue weighted by atomic mass is 16.5. The van der Waals surface area contributed by atoms with Gasteiger partial charge in [0.05, 0.1) is 18.7 Å². The largest absolute Gasteiger partial charge is 0.479 e. The molecule has 1 aliphatic rings. The van der Waals surface area contributed by atoms with Gasteiger partial charge in [-0.25, -0.2) is 9.78 Å². The first-order valence-electron chi connectivity index (χ1n) is 6.61. The molecule has 0 saturated carbocycles. The van der Waals surface area contributed by atoms with Gasteiger partial charge in [-0.05, 0) is 24.6 Å². The Labute approximate surface area is 116 Å². The van der Waals surface area contributed by atoms with E-state index in [2.05, 4.69) is 11.1 Å². The summed E-state index contributed by atoms with van der Waals surface area (Å²) in [4.78, 5) is 17.7. The van der Waals surface area contributed by atoms with Crippen molar-refractivity contribution in [3.05, 3.63) is 35.9 Å². The summed E-state index contributed by atoms with van der Waals surface area (Å²) in [6, 6.07) is 10.0. The van der Waals surface area contributed by atoms with Gasteiger partial charge < -0.3 is 14.7 Å². The number of morpholine rings is 1. The summed E-state index contributed by atoms with van der Waals surface area (Å²) in [7, 11) is 0. The first kappa shape index (κ1) is 12.9. The van der Waals surface area contributed by atoms with Crippen LogP contribution in [0.5, 0.6) is 0 Å². The number of benzene rings is 1. The molecule has 0 amide bonds. The molecule has 1 aromatic carbocycles. The lowest BCUT2D eigenvalue weighted by Crippen LogP contribution is -2.46. The fraction of sp³-hybridized carbons (Fsp3) is 0.333. The van der Waals surface area contributed by atoms with Gasteiger partial charge in [0.2, 0.25) is 0 Å². The molecular formula is C15H16N2O3. The first-order chi connectivity index (χ1) is 9.65. The Morgan fingerprint density at radius 1 is 1.45 bits per heavy atom. The number of pyridine rings is 1. The van der Waals surface area contributed by atoms with E-state index in [4.69, 9.17) is 9.84 Å². The Morgan fingerprint density at radius 3 is 3.05 bits per heavy atom. The molecule has 2 heterocycles. The normalized spacial score (nSPS) is 19.2. The van der Waals surface area contributed by atoms with Crippen LogP contribution < -0.4 is 4.90 Å². The Hall–Kier alpha value is -2.14. The Kier molecular flexibility index (Phi) is 3.28. The Balaban J connectivity index is 1.96. The minimum atomic E-state index is -0.923. The molecule has 0 spiro atoms. The molecule has 1 aromatic heterocycles.